The molecule has 0 aromatic heterocycles. The van der Waals surface area contributed by atoms with Gasteiger partial charge in [0.05, 0.1) is 5.41 Å². The van der Waals surface area contributed by atoms with Crippen molar-refractivity contribution >= 4 is 5.97 Å². The Hall–Kier alpha value is -0.530. The van der Waals surface area contributed by atoms with E-state index in [9.17, 15) is 4.79 Å². The minimum atomic E-state index is -0.452. The zero-order chi connectivity index (χ0) is 16.2. The summed E-state index contributed by atoms with van der Waals surface area (Å²) >= 11 is 0. The van der Waals surface area contributed by atoms with Crippen LogP contribution in [0.4, 0.5) is 0 Å². The molecule has 0 amide bonds. The van der Waals surface area contributed by atoms with E-state index in [2.05, 4.69) is 62.3 Å². The third-order valence-electron chi connectivity index (χ3n) is 4.33. The molecule has 2 atom stereocenters. The second kappa shape index (κ2) is 6.95. The zero-order valence-corrected chi connectivity index (χ0v) is 15.2. The fourth-order valence-electron chi connectivity index (χ4n) is 2.65. The van der Waals surface area contributed by atoms with E-state index in [4.69, 9.17) is 4.74 Å². The average Bonchev–Trinajstić information content (AvgIpc) is 2.24. The van der Waals surface area contributed by atoms with Crippen LogP contribution in [-0.4, -0.2) is 12.1 Å². The number of rotatable bonds is 6. The van der Waals surface area contributed by atoms with Crippen LogP contribution in [0.2, 0.25) is 0 Å². The molecular formula is C18H36O2. The SMILES string of the molecule is CCCC(CC)OC(=O)C(C)(CC(C)(C)C)C(C)(C)C. The molecule has 0 aliphatic carbocycles. The maximum Gasteiger partial charge on any atom is 0.312 e. The van der Waals surface area contributed by atoms with Gasteiger partial charge >= 0.3 is 5.97 Å². The minimum Gasteiger partial charge on any atom is -0.462 e. The van der Waals surface area contributed by atoms with E-state index >= 15 is 0 Å². The molecule has 0 spiro atoms. The fourth-order valence-corrected chi connectivity index (χ4v) is 2.65. The molecule has 0 bridgehead atoms. The number of carbonyl (C=O) groups is 1. The van der Waals surface area contributed by atoms with Gasteiger partial charge in [-0.1, -0.05) is 61.8 Å². The quantitative estimate of drug-likeness (QED) is 0.594. The molecule has 20 heavy (non-hydrogen) atoms. The van der Waals surface area contributed by atoms with E-state index < -0.39 is 5.41 Å². The molecule has 0 fully saturated rings. The number of hydrogen-bond donors (Lipinski definition) is 0. The van der Waals surface area contributed by atoms with Crippen molar-refractivity contribution in [2.75, 3.05) is 0 Å². The lowest BCUT2D eigenvalue weighted by Gasteiger charge is -2.44. The first-order chi connectivity index (χ1) is 8.87. The summed E-state index contributed by atoms with van der Waals surface area (Å²) in [6.45, 7) is 19.3. The summed E-state index contributed by atoms with van der Waals surface area (Å²) in [5.41, 5.74) is -0.457. The van der Waals surface area contributed by atoms with Crippen molar-refractivity contribution in [3.63, 3.8) is 0 Å². The van der Waals surface area contributed by atoms with Crippen molar-refractivity contribution in [3.8, 4) is 0 Å². The lowest BCUT2D eigenvalue weighted by atomic mass is 9.61. The van der Waals surface area contributed by atoms with Crippen molar-refractivity contribution < 1.29 is 9.53 Å². The van der Waals surface area contributed by atoms with E-state index in [1.165, 1.54) is 0 Å². The van der Waals surface area contributed by atoms with Crippen LogP contribution in [0.3, 0.4) is 0 Å². The summed E-state index contributed by atoms with van der Waals surface area (Å²) in [5, 5.41) is 0. The molecule has 2 nitrogen and oxygen atoms in total. The highest BCUT2D eigenvalue weighted by Crippen LogP contribution is 2.47. The van der Waals surface area contributed by atoms with Crippen LogP contribution in [0.5, 0.6) is 0 Å². The predicted octanol–water partition coefficient (Wildman–Crippen LogP) is 5.60. The molecule has 0 N–H and O–H groups in total. The Labute approximate surface area is 126 Å². The fraction of sp³-hybridized carbons (Fsp3) is 0.944. The Morgan fingerprint density at radius 3 is 1.80 bits per heavy atom. The van der Waals surface area contributed by atoms with Crippen LogP contribution in [0, 0.1) is 16.2 Å². The molecule has 0 saturated heterocycles. The third-order valence-corrected chi connectivity index (χ3v) is 4.33. The second-order valence-corrected chi connectivity index (χ2v) is 8.54. The van der Waals surface area contributed by atoms with E-state index in [0.717, 1.165) is 25.7 Å². The van der Waals surface area contributed by atoms with Gasteiger partial charge in [-0.3, -0.25) is 4.79 Å². The van der Waals surface area contributed by atoms with Gasteiger partial charge in [-0.05, 0) is 37.0 Å². The number of carbonyl (C=O) groups excluding carboxylic acids is 1. The summed E-state index contributed by atoms with van der Waals surface area (Å²) in [6.07, 6.45) is 3.81. The first-order valence-electron chi connectivity index (χ1n) is 8.08. The van der Waals surface area contributed by atoms with Gasteiger partial charge in [0.1, 0.15) is 6.10 Å². The van der Waals surface area contributed by atoms with Gasteiger partial charge in [-0.15, -0.1) is 0 Å². The Morgan fingerprint density at radius 2 is 1.50 bits per heavy atom. The molecule has 0 aliphatic rings. The number of ether oxygens (including phenoxy) is 1. The zero-order valence-electron chi connectivity index (χ0n) is 15.2. The third kappa shape index (κ3) is 5.46. The normalized spacial score (nSPS) is 17.4. The Bertz CT molecular complexity index is 306. The van der Waals surface area contributed by atoms with Gasteiger partial charge in [0.2, 0.25) is 0 Å². The van der Waals surface area contributed by atoms with Crippen molar-refractivity contribution in [2.24, 2.45) is 16.2 Å². The standard InChI is InChI=1S/C18H36O2/c1-10-12-14(11-2)20-15(19)18(9,17(6,7)8)13-16(3,4)5/h14H,10-13H2,1-9H3. The van der Waals surface area contributed by atoms with Gasteiger partial charge < -0.3 is 4.74 Å². The van der Waals surface area contributed by atoms with Gasteiger partial charge in [-0.2, -0.15) is 0 Å². The maximum absolute atomic E-state index is 12.8. The highest BCUT2D eigenvalue weighted by Gasteiger charge is 2.48. The van der Waals surface area contributed by atoms with Crippen molar-refractivity contribution in [1.82, 2.24) is 0 Å². The average molecular weight is 284 g/mol. The maximum atomic E-state index is 12.8. The molecule has 2 heteroatoms. The molecule has 0 saturated carbocycles. The van der Waals surface area contributed by atoms with Crippen LogP contribution >= 0.6 is 0 Å². The second-order valence-electron chi connectivity index (χ2n) is 8.54. The van der Waals surface area contributed by atoms with Gasteiger partial charge in [0.25, 0.3) is 0 Å². The lowest BCUT2D eigenvalue weighted by molar-refractivity contribution is -0.171. The number of hydrogen-bond acceptors (Lipinski definition) is 2. The van der Waals surface area contributed by atoms with E-state index in [0.29, 0.717) is 0 Å². The van der Waals surface area contributed by atoms with Crippen molar-refractivity contribution in [3.05, 3.63) is 0 Å². The smallest absolute Gasteiger partial charge is 0.312 e. The van der Waals surface area contributed by atoms with E-state index in [1.54, 1.807) is 0 Å². The van der Waals surface area contributed by atoms with Gasteiger partial charge in [0.15, 0.2) is 0 Å². The summed E-state index contributed by atoms with van der Waals surface area (Å²) < 4.78 is 5.84. The summed E-state index contributed by atoms with van der Waals surface area (Å²) in [4.78, 5) is 12.8. The highest BCUT2D eigenvalue weighted by molar-refractivity contribution is 5.77. The van der Waals surface area contributed by atoms with Crippen LogP contribution in [-0.2, 0) is 9.53 Å². The van der Waals surface area contributed by atoms with Crippen molar-refractivity contribution in [1.29, 1.82) is 0 Å². The highest BCUT2D eigenvalue weighted by atomic mass is 16.5. The van der Waals surface area contributed by atoms with Crippen LogP contribution < -0.4 is 0 Å². The summed E-state index contributed by atoms with van der Waals surface area (Å²) in [6, 6.07) is 0. The first-order valence-corrected chi connectivity index (χ1v) is 8.08. The molecule has 0 aromatic rings. The monoisotopic (exact) mass is 284 g/mol. The molecule has 0 heterocycles. The molecule has 0 radical (unpaired) electrons. The minimum absolute atomic E-state index is 0.0276. The molecule has 0 rings (SSSR count). The first kappa shape index (κ1) is 19.5. The molecule has 120 valence electrons. The molecular weight excluding hydrogens is 248 g/mol. The molecule has 2 unspecified atom stereocenters. The predicted molar refractivity (Wildman–Crippen MR) is 86.7 cm³/mol. The van der Waals surface area contributed by atoms with Crippen LogP contribution in [0.25, 0.3) is 0 Å². The largest absolute Gasteiger partial charge is 0.462 e. The van der Waals surface area contributed by atoms with Gasteiger partial charge in [-0.25, -0.2) is 0 Å². The van der Waals surface area contributed by atoms with Crippen LogP contribution in [0.1, 0.15) is 88.0 Å². The number of esters is 1. The molecule has 0 aromatic carbocycles. The summed E-state index contributed by atoms with van der Waals surface area (Å²) in [5.74, 6) is -0.0276. The Balaban J connectivity index is 5.19. The molecule has 0 aliphatic heterocycles. The van der Waals surface area contributed by atoms with E-state index in [-0.39, 0.29) is 22.9 Å². The Kier molecular flexibility index (Phi) is 6.77. The topological polar surface area (TPSA) is 26.3 Å². The van der Waals surface area contributed by atoms with Gasteiger partial charge in [0, 0.05) is 0 Å². The lowest BCUT2D eigenvalue weighted by Crippen LogP contribution is -2.45. The summed E-state index contributed by atoms with van der Waals surface area (Å²) in [7, 11) is 0. The Morgan fingerprint density at radius 1 is 1.00 bits per heavy atom. The van der Waals surface area contributed by atoms with Crippen molar-refractivity contribution in [2.45, 2.75) is 94.1 Å². The van der Waals surface area contributed by atoms with Crippen LogP contribution in [0.15, 0.2) is 0 Å². The van der Waals surface area contributed by atoms with E-state index in [1.807, 2.05) is 0 Å².